The largest absolute Gasteiger partial charge is 0.398 e. The van der Waals surface area contributed by atoms with Gasteiger partial charge in [-0.05, 0) is 55.9 Å². The number of benzene rings is 1. The van der Waals surface area contributed by atoms with Gasteiger partial charge in [-0.3, -0.25) is 4.90 Å². The molecule has 0 radical (unpaired) electrons. The van der Waals surface area contributed by atoms with Gasteiger partial charge in [0.15, 0.2) is 0 Å². The molecule has 2 aliphatic rings. The highest BCUT2D eigenvalue weighted by molar-refractivity contribution is 7.99. The standard InChI is InChI=1S/C17H26N2OS/c1-19(13-14-4-2-3-5-16(14)18)15-6-9-20-17(12-15)7-10-21-11-8-17/h2-5,15H,6-13,18H2,1H3. The highest BCUT2D eigenvalue weighted by atomic mass is 32.2. The quantitative estimate of drug-likeness (QED) is 0.871. The lowest BCUT2D eigenvalue weighted by atomic mass is 9.85. The topological polar surface area (TPSA) is 38.5 Å². The summed E-state index contributed by atoms with van der Waals surface area (Å²) in [6.45, 7) is 1.84. The number of rotatable bonds is 3. The van der Waals surface area contributed by atoms with Gasteiger partial charge >= 0.3 is 0 Å². The maximum absolute atomic E-state index is 6.20. The number of nitrogens with two attached hydrogens (primary N) is 1. The summed E-state index contributed by atoms with van der Waals surface area (Å²) in [5.74, 6) is 2.50. The number of nitrogens with zero attached hydrogens (tertiary/aromatic N) is 1. The second-order valence-electron chi connectivity index (χ2n) is 6.40. The molecule has 1 atom stereocenters. The lowest BCUT2D eigenvalue weighted by Gasteiger charge is -2.45. The molecule has 0 amide bonds. The first-order chi connectivity index (χ1) is 10.2. The number of ether oxygens (including phenoxy) is 1. The first-order valence-electron chi connectivity index (χ1n) is 7.94. The molecule has 2 aliphatic heterocycles. The van der Waals surface area contributed by atoms with Crippen molar-refractivity contribution in [3.63, 3.8) is 0 Å². The number of hydrogen-bond acceptors (Lipinski definition) is 4. The van der Waals surface area contributed by atoms with Crippen LogP contribution in [0.15, 0.2) is 24.3 Å². The van der Waals surface area contributed by atoms with Crippen LogP contribution in [0.1, 0.15) is 31.2 Å². The fourth-order valence-corrected chi connectivity index (χ4v) is 4.78. The van der Waals surface area contributed by atoms with Crippen molar-refractivity contribution >= 4 is 17.4 Å². The van der Waals surface area contributed by atoms with Crippen LogP contribution in [-0.4, -0.2) is 41.7 Å². The monoisotopic (exact) mass is 306 g/mol. The normalized spacial score (nSPS) is 25.3. The molecule has 3 nitrogen and oxygen atoms in total. The van der Waals surface area contributed by atoms with Crippen molar-refractivity contribution in [2.24, 2.45) is 0 Å². The molecule has 116 valence electrons. The van der Waals surface area contributed by atoms with Gasteiger partial charge in [0.25, 0.3) is 0 Å². The van der Waals surface area contributed by atoms with E-state index >= 15 is 0 Å². The van der Waals surface area contributed by atoms with E-state index in [1.165, 1.54) is 36.3 Å². The summed E-state index contributed by atoms with van der Waals surface area (Å²) in [7, 11) is 2.23. The molecule has 0 bridgehead atoms. The molecule has 3 rings (SSSR count). The minimum Gasteiger partial charge on any atom is -0.398 e. The van der Waals surface area contributed by atoms with Crippen LogP contribution in [0.2, 0.25) is 0 Å². The Hall–Kier alpha value is -0.710. The van der Waals surface area contributed by atoms with E-state index in [9.17, 15) is 0 Å². The van der Waals surface area contributed by atoms with Crippen LogP contribution in [0.25, 0.3) is 0 Å². The maximum Gasteiger partial charge on any atom is 0.0713 e. The number of para-hydroxylation sites is 1. The first-order valence-corrected chi connectivity index (χ1v) is 9.09. The van der Waals surface area contributed by atoms with E-state index in [-0.39, 0.29) is 5.60 Å². The molecule has 2 N–H and O–H groups in total. The molecule has 21 heavy (non-hydrogen) atoms. The molecule has 2 heterocycles. The van der Waals surface area contributed by atoms with E-state index in [0.717, 1.165) is 25.3 Å². The minimum atomic E-state index is 0.157. The van der Waals surface area contributed by atoms with Crippen molar-refractivity contribution in [3.8, 4) is 0 Å². The zero-order chi connectivity index (χ0) is 14.7. The molecular formula is C17H26N2OS. The molecule has 1 spiro atoms. The van der Waals surface area contributed by atoms with Crippen molar-refractivity contribution in [2.45, 2.75) is 43.9 Å². The second kappa shape index (κ2) is 6.59. The molecule has 1 unspecified atom stereocenters. The summed E-state index contributed by atoms with van der Waals surface area (Å²) >= 11 is 2.07. The Labute approximate surface area is 132 Å². The lowest BCUT2D eigenvalue weighted by Crippen LogP contribution is -2.49. The number of anilines is 1. The third-order valence-electron chi connectivity index (χ3n) is 4.97. The van der Waals surface area contributed by atoms with Crippen molar-refractivity contribution in [1.29, 1.82) is 0 Å². The summed E-state index contributed by atoms with van der Waals surface area (Å²) < 4.78 is 6.20. The minimum absolute atomic E-state index is 0.157. The average Bonchev–Trinajstić information content (AvgIpc) is 2.50. The third kappa shape index (κ3) is 3.55. The first kappa shape index (κ1) is 15.2. The molecule has 0 aromatic heterocycles. The smallest absolute Gasteiger partial charge is 0.0713 e. The molecular weight excluding hydrogens is 280 g/mol. The van der Waals surface area contributed by atoms with E-state index in [1.54, 1.807) is 0 Å². The molecule has 4 heteroatoms. The van der Waals surface area contributed by atoms with E-state index in [4.69, 9.17) is 10.5 Å². The highest BCUT2D eigenvalue weighted by Gasteiger charge is 2.39. The maximum atomic E-state index is 6.20. The third-order valence-corrected chi connectivity index (χ3v) is 5.95. The van der Waals surface area contributed by atoms with E-state index < -0.39 is 0 Å². The predicted molar refractivity (Wildman–Crippen MR) is 90.6 cm³/mol. The van der Waals surface area contributed by atoms with Crippen LogP contribution < -0.4 is 5.73 Å². The van der Waals surface area contributed by atoms with Crippen molar-refractivity contribution < 1.29 is 4.74 Å². The Bertz CT molecular complexity index is 468. The van der Waals surface area contributed by atoms with E-state index in [2.05, 4.69) is 35.8 Å². The van der Waals surface area contributed by atoms with Crippen LogP contribution in [-0.2, 0) is 11.3 Å². The molecule has 0 aliphatic carbocycles. The van der Waals surface area contributed by atoms with E-state index in [0.29, 0.717) is 6.04 Å². The summed E-state index contributed by atoms with van der Waals surface area (Å²) in [6.07, 6.45) is 4.75. The Balaban J connectivity index is 1.64. The van der Waals surface area contributed by atoms with Crippen LogP contribution in [0.3, 0.4) is 0 Å². The zero-order valence-corrected chi connectivity index (χ0v) is 13.7. The lowest BCUT2D eigenvalue weighted by molar-refractivity contribution is -0.108. The summed E-state index contributed by atoms with van der Waals surface area (Å²) in [5.41, 5.74) is 8.38. The second-order valence-corrected chi connectivity index (χ2v) is 7.63. The zero-order valence-electron chi connectivity index (χ0n) is 12.9. The van der Waals surface area contributed by atoms with Gasteiger partial charge in [0, 0.05) is 24.9 Å². The van der Waals surface area contributed by atoms with Gasteiger partial charge in [0.1, 0.15) is 0 Å². The Morgan fingerprint density at radius 1 is 1.33 bits per heavy atom. The number of nitrogen functional groups attached to an aromatic ring is 1. The Morgan fingerprint density at radius 2 is 2.10 bits per heavy atom. The summed E-state index contributed by atoms with van der Waals surface area (Å²) in [5, 5.41) is 0. The van der Waals surface area contributed by atoms with Crippen LogP contribution in [0.4, 0.5) is 5.69 Å². The van der Waals surface area contributed by atoms with Crippen LogP contribution >= 0.6 is 11.8 Å². The van der Waals surface area contributed by atoms with Gasteiger partial charge in [-0.15, -0.1) is 0 Å². The van der Waals surface area contributed by atoms with Crippen LogP contribution in [0.5, 0.6) is 0 Å². The Morgan fingerprint density at radius 3 is 2.86 bits per heavy atom. The van der Waals surface area contributed by atoms with Gasteiger partial charge < -0.3 is 10.5 Å². The molecule has 1 aromatic rings. The van der Waals surface area contributed by atoms with Gasteiger partial charge in [-0.25, -0.2) is 0 Å². The van der Waals surface area contributed by atoms with Crippen molar-refractivity contribution in [1.82, 2.24) is 4.90 Å². The van der Waals surface area contributed by atoms with Gasteiger partial charge in [0.2, 0.25) is 0 Å². The molecule has 2 fully saturated rings. The van der Waals surface area contributed by atoms with Crippen LogP contribution in [0, 0.1) is 0 Å². The molecule has 0 saturated carbocycles. The highest BCUT2D eigenvalue weighted by Crippen LogP contribution is 2.38. The number of thioether (sulfide) groups is 1. The van der Waals surface area contributed by atoms with E-state index in [1.807, 2.05) is 12.1 Å². The summed E-state index contributed by atoms with van der Waals surface area (Å²) in [4.78, 5) is 2.47. The van der Waals surface area contributed by atoms with Gasteiger partial charge in [-0.2, -0.15) is 11.8 Å². The Kier molecular flexibility index (Phi) is 4.77. The fraction of sp³-hybridized carbons (Fsp3) is 0.647. The van der Waals surface area contributed by atoms with Gasteiger partial charge in [0.05, 0.1) is 5.60 Å². The number of hydrogen-bond donors (Lipinski definition) is 1. The van der Waals surface area contributed by atoms with Crippen molar-refractivity contribution in [2.75, 3.05) is 30.9 Å². The van der Waals surface area contributed by atoms with Gasteiger partial charge in [-0.1, -0.05) is 18.2 Å². The predicted octanol–water partition coefficient (Wildman–Crippen LogP) is 3.15. The average molecular weight is 306 g/mol. The SMILES string of the molecule is CN(Cc1ccccc1N)C1CCOC2(CCSCC2)C1. The fourth-order valence-electron chi connectivity index (χ4n) is 3.55. The molecule has 1 aromatic carbocycles. The molecule has 2 saturated heterocycles. The summed E-state index contributed by atoms with van der Waals surface area (Å²) in [6, 6.07) is 8.82. The van der Waals surface area contributed by atoms with Crippen molar-refractivity contribution in [3.05, 3.63) is 29.8 Å².